The predicted molar refractivity (Wildman–Crippen MR) is 87.4 cm³/mol. The van der Waals surface area contributed by atoms with Gasteiger partial charge in [0.2, 0.25) is 0 Å². The molecule has 2 aromatic rings. The second-order valence-electron chi connectivity index (χ2n) is 4.32. The maximum atomic E-state index is 10.8. The zero-order valence-electron chi connectivity index (χ0n) is 10.8. The van der Waals surface area contributed by atoms with Crippen LogP contribution >= 0.6 is 31.9 Å². The average molecular weight is 416 g/mol. The molecule has 0 fully saturated rings. The summed E-state index contributed by atoms with van der Waals surface area (Å²) in [7, 11) is 0. The molecule has 110 valence electrons. The lowest BCUT2D eigenvalue weighted by Crippen LogP contribution is -2.19. The number of nitro benzene ring substituents is 1. The molecule has 21 heavy (non-hydrogen) atoms. The Labute approximate surface area is 138 Å². The van der Waals surface area contributed by atoms with Crippen LogP contribution in [-0.2, 0) is 0 Å². The molecular formula is C14H12Br2N2O3. The second kappa shape index (κ2) is 7.02. The Morgan fingerprint density at radius 3 is 2.29 bits per heavy atom. The van der Waals surface area contributed by atoms with Crippen molar-refractivity contribution in [2.75, 3.05) is 6.61 Å². The highest BCUT2D eigenvalue weighted by molar-refractivity contribution is 9.11. The van der Waals surface area contributed by atoms with Gasteiger partial charge < -0.3 is 10.5 Å². The first-order valence-electron chi connectivity index (χ1n) is 6.06. The fourth-order valence-electron chi connectivity index (χ4n) is 1.76. The Bertz CT molecular complexity index is 627. The number of halogens is 2. The normalized spacial score (nSPS) is 12.0. The second-order valence-corrected chi connectivity index (χ2v) is 6.03. The highest BCUT2D eigenvalue weighted by Crippen LogP contribution is 2.37. The third kappa shape index (κ3) is 4.03. The molecule has 0 radical (unpaired) electrons. The summed E-state index contributed by atoms with van der Waals surface area (Å²) < 4.78 is 6.68. The van der Waals surface area contributed by atoms with Gasteiger partial charge in [-0.05, 0) is 37.4 Å². The predicted octanol–water partition coefficient (Wildman–Crippen LogP) is 4.20. The first-order chi connectivity index (χ1) is 9.99. The van der Waals surface area contributed by atoms with Crippen LogP contribution in [-0.4, -0.2) is 11.5 Å². The van der Waals surface area contributed by atoms with Gasteiger partial charge in [-0.15, -0.1) is 0 Å². The number of ether oxygens (including phenoxy) is 1. The van der Waals surface area contributed by atoms with Gasteiger partial charge in [-0.1, -0.05) is 30.3 Å². The molecule has 0 heterocycles. The minimum Gasteiger partial charge on any atom is -0.489 e. The molecule has 0 bridgehead atoms. The van der Waals surface area contributed by atoms with Gasteiger partial charge in [-0.25, -0.2) is 0 Å². The summed E-state index contributed by atoms with van der Waals surface area (Å²) >= 11 is 6.54. The molecule has 2 N–H and O–H groups in total. The van der Waals surface area contributed by atoms with Crippen molar-refractivity contribution in [3.05, 3.63) is 67.1 Å². The number of nitrogens with two attached hydrogens (primary N) is 1. The minimum atomic E-state index is -0.463. The van der Waals surface area contributed by atoms with Crippen molar-refractivity contribution in [1.29, 1.82) is 0 Å². The van der Waals surface area contributed by atoms with E-state index in [0.717, 1.165) is 5.56 Å². The number of benzene rings is 2. The summed E-state index contributed by atoms with van der Waals surface area (Å²) in [5.41, 5.74) is 7.00. The van der Waals surface area contributed by atoms with E-state index in [-0.39, 0.29) is 18.3 Å². The minimum absolute atomic E-state index is 0.0199. The SMILES string of the molecule is NC(COc1c(Br)cc([N+](=O)[O-])cc1Br)c1ccccc1. The number of rotatable bonds is 5. The van der Waals surface area contributed by atoms with Crippen LogP contribution in [0.5, 0.6) is 5.75 Å². The largest absolute Gasteiger partial charge is 0.489 e. The van der Waals surface area contributed by atoms with Crippen LogP contribution in [0, 0.1) is 10.1 Å². The van der Waals surface area contributed by atoms with Gasteiger partial charge in [-0.2, -0.15) is 0 Å². The van der Waals surface area contributed by atoms with Crippen molar-refractivity contribution >= 4 is 37.5 Å². The lowest BCUT2D eigenvalue weighted by Gasteiger charge is -2.15. The van der Waals surface area contributed by atoms with E-state index in [9.17, 15) is 10.1 Å². The smallest absolute Gasteiger partial charge is 0.271 e. The molecule has 0 amide bonds. The standard InChI is InChI=1S/C14H12Br2N2O3/c15-11-6-10(18(19)20)7-12(16)14(11)21-8-13(17)9-4-2-1-3-5-9/h1-7,13H,8,17H2. The maximum Gasteiger partial charge on any atom is 0.271 e. The van der Waals surface area contributed by atoms with E-state index in [2.05, 4.69) is 31.9 Å². The lowest BCUT2D eigenvalue weighted by atomic mass is 10.1. The van der Waals surface area contributed by atoms with Crippen LogP contribution in [0.4, 0.5) is 5.69 Å². The molecule has 0 aliphatic carbocycles. The first-order valence-corrected chi connectivity index (χ1v) is 7.64. The molecule has 0 spiro atoms. The maximum absolute atomic E-state index is 10.8. The molecule has 0 aromatic heterocycles. The van der Waals surface area contributed by atoms with Crippen molar-refractivity contribution in [2.24, 2.45) is 5.73 Å². The van der Waals surface area contributed by atoms with Crippen LogP contribution < -0.4 is 10.5 Å². The number of hydrogen-bond acceptors (Lipinski definition) is 4. The molecule has 1 unspecified atom stereocenters. The van der Waals surface area contributed by atoms with Gasteiger partial charge in [0.15, 0.2) is 0 Å². The third-order valence-corrected chi connectivity index (χ3v) is 4.01. The van der Waals surface area contributed by atoms with Gasteiger partial charge >= 0.3 is 0 Å². The van der Waals surface area contributed by atoms with Gasteiger partial charge in [0, 0.05) is 12.1 Å². The molecular weight excluding hydrogens is 404 g/mol. The summed E-state index contributed by atoms with van der Waals surface area (Å²) in [6.07, 6.45) is 0. The Hall–Kier alpha value is -1.44. The monoisotopic (exact) mass is 414 g/mol. The number of non-ortho nitro benzene ring substituents is 1. The van der Waals surface area contributed by atoms with Crippen LogP contribution in [0.15, 0.2) is 51.4 Å². The Morgan fingerprint density at radius 2 is 1.76 bits per heavy atom. The zero-order chi connectivity index (χ0) is 15.4. The molecule has 0 saturated heterocycles. The number of nitro groups is 1. The van der Waals surface area contributed by atoms with Crippen molar-refractivity contribution < 1.29 is 9.66 Å². The highest BCUT2D eigenvalue weighted by atomic mass is 79.9. The first kappa shape index (κ1) is 15.9. The lowest BCUT2D eigenvalue weighted by molar-refractivity contribution is -0.385. The number of nitrogens with zero attached hydrogens (tertiary/aromatic N) is 1. The summed E-state index contributed by atoms with van der Waals surface area (Å²) in [4.78, 5) is 10.3. The van der Waals surface area contributed by atoms with E-state index < -0.39 is 4.92 Å². The highest BCUT2D eigenvalue weighted by Gasteiger charge is 2.16. The molecule has 1 atom stereocenters. The zero-order valence-corrected chi connectivity index (χ0v) is 14.0. The van der Waals surface area contributed by atoms with Crippen molar-refractivity contribution in [3.63, 3.8) is 0 Å². The van der Waals surface area contributed by atoms with Crippen LogP contribution in [0.25, 0.3) is 0 Å². The molecule has 7 heteroatoms. The summed E-state index contributed by atoms with van der Waals surface area (Å²) in [6, 6.07) is 12.1. The van der Waals surface area contributed by atoms with Crippen LogP contribution in [0.1, 0.15) is 11.6 Å². The summed E-state index contributed by atoms with van der Waals surface area (Å²) in [5, 5.41) is 10.8. The Morgan fingerprint density at radius 1 is 1.19 bits per heavy atom. The van der Waals surface area contributed by atoms with Gasteiger partial charge in [0.05, 0.1) is 19.9 Å². The molecule has 0 aliphatic heterocycles. The van der Waals surface area contributed by atoms with E-state index in [4.69, 9.17) is 10.5 Å². The third-order valence-electron chi connectivity index (χ3n) is 2.83. The molecule has 0 saturated carbocycles. The van der Waals surface area contributed by atoms with E-state index in [1.54, 1.807) is 0 Å². The molecule has 5 nitrogen and oxygen atoms in total. The topological polar surface area (TPSA) is 78.4 Å². The van der Waals surface area contributed by atoms with Crippen molar-refractivity contribution in [1.82, 2.24) is 0 Å². The van der Waals surface area contributed by atoms with E-state index in [1.807, 2.05) is 30.3 Å². The van der Waals surface area contributed by atoms with Gasteiger partial charge in [-0.3, -0.25) is 10.1 Å². The van der Waals surface area contributed by atoms with Crippen molar-refractivity contribution in [2.45, 2.75) is 6.04 Å². The van der Waals surface area contributed by atoms with Crippen LogP contribution in [0.3, 0.4) is 0 Å². The summed E-state index contributed by atoms with van der Waals surface area (Å²) in [5.74, 6) is 0.493. The fraction of sp³-hybridized carbons (Fsp3) is 0.143. The van der Waals surface area contributed by atoms with E-state index in [1.165, 1.54) is 12.1 Å². The number of hydrogen-bond donors (Lipinski definition) is 1. The van der Waals surface area contributed by atoms with E-state index in [0.29, 0.717) is 14.7 Å². The van der Waals surface area contributed by atoms with E-state index >= 15 is 0 Å². The molecule has 2 rings (SSSR count). The Balaban J connectivity index is 2.12. The van der Waals surface area contributed by atoms with Crippen LogP contribution in [0.2, 0.25) is 0 Å². The van der Waals surface area contributed by atoms with Gasteiger partial charge in [0.25, 0.3) is 5.69 Å². The van der Waals surface area contributed by atoms with Gasteiger partial charge in [0.1, 0.15) is 12.4 Å². The summed E-state index contributed by atoms with van der Waals surface area (Å²) in [6.45, 7) is 0.263. The quantitative estimate of drug-likeness (QED) is 0.586. The molecule has 2 aromatic carbocycles. The van der Waals surface area contributed by atoms with Crippen molar-refractivity contribution in [3.8, 4) is 5.75 Å². The molecule has 0 aliphatic rings. The average Bonchev–Trinajstić information content (AvgIpc) is 2.46. The Kier molecular flexibility index (Phi) is 5.33. The fourth-order valence-corrected chi connectivity index (χ4v) is 3.15.